The molecule has 0 radical (unpaired) electrons. The Balaban J connectivity index is 1.96. The van der Waals surface area contributed by atoms with E-state index in [4.69, 9.17) is 0 Å². The van der Waals surface area contributed by atoms with E-state index in [0.29, 0.717) is 0 Å². The number of aliphatic hydroxyl groups is 1. The molecule has 1 aliphatic heterocycles. The molecular formula is C17H18BrIN2O. The van der Waals surface area contributed by atoms with E-state index in [1.54, 1.807) is 0 Å². The Kier molecular flexibility index (Phi) is 5.07. The van der Waals surface area contributed by atoms with Crippen LogP contribution in [0.25, 0.3) is 0 Å². The summed E-state index contributed by atoms with van der Waals surface area (Å²) in [4.78, 5) is 0. The van der Waals surface area contributed by atoms with Crippen molar-refractivity contribution in [2.24, 2.45) is 0 Å². The first-order valence-corrected chi connectivity index (χ1v) is 9.16. The van der Waals surface area contributed by atoms with Gasteiger partial charge in [0.25, 0.3) is 0 Å². The number of anilines is 2. The van der Waals surface area contributed by atoms with Crippen molar-refractivity contribution >= 4 is 49.9 Å². The quantitative estimate of drug-likeness (QED) is 0.576. The van der Waals surface area contributed by atoms with Gasteiger partial charge in [-0.05, 0) is 90.0 Å². The predicted octanol–water partition coefficient (Wildman–Crippen LogP) is 4.50. The molecule has 0 amide bonds. The largest absolute Gasteiger partial charge is 0.391 e. The second-order valence-electron chi connectivity index (χ2n) is 5.60. The number of hydrogen-bond acceptors (Lipinski definition) is 3. The fourth-order valence-electron chi connectivity index (χ4n) is 2.82. The summed E-state index contributed by atoms with van der Waals surface area (Å²) in [7, 11) is 0. The molecule has 2 aromatic carbocycles. The van der Waals surface area contributed by atoms with Gasteiger partial charge in [0.05, 0.1) is 12.1 Å². The van der Waals surface area contributed by atoms with Crippen molar-refractivity contribution in [2.45, 2.75) is 25.5 Å². The van der Waals surface area contributed by atoms with Crippen molar-refractivity contribution < 1.29 is 5.11 Å². The molecular weight excluding hydrogens is 455 g/mol. The van der Waals surface area contributed by atoms with E-state index in [-0.39, 0.29) is 12.1 Å². The second-order valence-corrected chi connectivity index (χ2v) is 7.76. The number of rotatable bonds is 3. The lowest BCUT2D eigenvalue weighted by Gasteiger charge is -2.21. The van der Waals surface area contributed by atoms with Gasteiger partial charge in [-0.1, -0.05) is 15.9 Å². The van der Waals surface area contributed by atoms with Gasteiger partial charge in [-0.25, -0.2) is 0 Å². The second kappa shape index (κ2) is 6.86. The summed E-state index contributed by atoms with van der Waals surface area (Å²) in [5.41, 5.74) is 4.43. The Morgan fingerprint density at radius 1 is 1.23 bits per heavy atom. The number of hydrogen-bond donors (Lipinski definition) is 3. The zero-order valence-corrected chi connectivity index (χ0v) is 16.0. The van der Waals surface area contributed by atoms with Crippen molar-refractivity contribution in [1.29, 1.82) is 0 Å². The molecule has 1 heterocycles. The maximum absolute atomic E-state index is 10.2. The Bertz CT molecular complexity index is 692. The smallest absolute Gasteiger partial charge is 0.0747 e. The SMILES string of the molecule is Cc1cc(I)ccc1Nc1ccc(Br)cc1C1NCCC1O. The van der Waals surface area contributed by atoms with E-state index >= 15 is 0 Å². The average molecular weight is 473 g/mol. The van der Waals surface area contributed by atoms with E-state index in [1.165, 1.54) is 9.13 Å². The van der Waals surface area contributed by atoms with Gasteiger partial charge in [-0.3, -0.25) is 0 Å². The van der Waals surface area contributed by atoms with Crippen molar-refractivity contribution in [3.63, 3.8) is 0 Å². The van der Waals surface area contributed by atoms with Crippen LogP contribution in [0.3, 0.4) is 0 Å². The highest BCUT2D eigenvalue weighted by Gasteiger charge is 2.28. The molecule has 116 valence electrons. The molecule has 22 heavy (non-hydrogen) atoms. The lowest BCUT2D eigenvalue weighted by molar-refractivity contribution is 0.160. The fourth-order valence-corrected chi connectivity index (χ4v) is 3.85. The van der Waals surface area contributed by atoms with Crippen molar-refractivity contribution in [3.05, 3.63) is 55.6 Å². The third kappa shape index (κ3) is 3.48. The maximum atomic E-state index is 10.2. The van der Waals surface area contributed by atoms with Gasteiger partial charge in [0.1, 0.15) is 0 Å². The molecule has 0 aromatic heterocycles. The van der Waals surface area contributed by atoms with Gasteiger partial charge in [0.15, 0.2) is 0 Å². The van der Waals surface area contributed by atoms with Gasteiger partial charge in [0, 0.05) is 19.4 Å². The van der Waals surface area contributed by atoms with Crippen LogP contribution in [0.1, 0.15) is 23.6 Å². The van der Waals surface area contributed by atoms with Crippen LogP contribution in [0.15, 0.2) is 40.9 Å². The van der Waals surface area contributed by atoms with E-state index in [0.717, 1.165) is 34.4 Å². The highest BCUT2D eigenvalue weighted by atomic mass is 127. The zero-order chi connectivity index (χ0) is 15.7. The molecule has 0 saturated carbocycles. The molecule has 1 saturated heterocycles. The Labute approximate surface area is 152 Å². The normalized spacial score (nSPS) is 21.1. The minimum atomic E-state index is -0.340. The topological polar surface area (TPSA) is 44.3 Å². The summed E-state index contributed by atoms with van der Waals surface area (Å²) < 4.78 is 2.25. The molecule has 2 atom stereocenters. The molecule has 0 bridgehead atoms. The molecule has 2 aromatic rings. The minimum absolute atomic E-state index is 0.0239. The van der Waals surface area contributed by atoms with Crippen LogP contribution in [0.4, 0.5) is 11.4 Å². The Hall–Kier alpha value is -0.630. The summed E-state index contributed by atoms with van der Waals surface area (Å²) in [6.07, 6.45) is 0.451. The molecule has 3 N–H and O–H groups in total. The predicted molar refractivity (Wildman–Crippen MR) is 103 cm³/mol. The van der Waals surface area contributed by atoms with E-state index < -0.39 is 0 Å². The number of nitrogens with one attached hydrogen (secondary N) is 2. The van der Waals surface area contributed by atoms with Crippen LogP contribution in [0.2, 0.25) is 0 Å². The van der Waals surface area contributed by atoms with E-state index in [2.05, 4.69) is 86.4 Å². The van der Waals surface area contributed by atoms with E-state index in [1.807, 2.05) is 6.07 Å². The lowest BCUT2D eigenvalue weighted by atomic mass is 10.0. The van der Waals surface area contributed by atoms with Gasteiger partial charge < -0.3 is 15.7 Å². The first-order chi connectivity index (χ1) is 10.5. The molecule has 5 heteroatoms. The minimum Gasteiger partial charge on any atom is -0.391 e. The zero-order valence-electron chi connectivity index (χ0n) is 12.2. The molecule has 1 aliphatic rings. The fraction of sp³-hybridized carbons (Fsp3) is 0.294. The van der Waals surface area contributed by atoms with Crippen molar-refractivity contribution in [2.75, 3.05) is 11.9 Å². The van der Waals surface area contributed by atoms with Crippen LogP contribution < -0.4 is 10.6 Å². The maximum Gasteiger partial charge on any atom is 0.0747 e. The van der Waals surface area contributed by atoms with E-state index in [9.17, 15) is 5.11 Å². The first-order valence-electron chi connectivity index (χ1n) is 7.28. The van der Waals surface area contributed by atoms with Crippen molar-refractivity contribution in [1.82, 2.24) is 5.32 Å². The monoisotopic (exact) mass is 472 g/mol. The molecule has 2 unspecified atom stereocenters. The first kappa shape index (κ1) is 16.2. The highest BCUT2D eigenvalue weighted by Crippen LogP contribution is 2.34. The van der Waals surface area contributed by atoms with Crippen LogP contribution in [0, 0.1) is 10.5 Å². The van der Waals surface area contributed by atoms with Gasteiger partial charge in [-0.2, -0.15) is 0 Å². The standard InChI is InChI=1S/C17H18BrIN2O/c1-10-8-12(19)3-5-14(10)21-15-4-2-11(18)9-13(15)17-16(22)6-7-20-17/h2-5,8-9,16-17,20-22H,6-7H2,1H3. The number of benzene rings is 2. The average Bonchev–Trinajstić information content (AvgIpc) is 2.89. The molecule has 3 rings (SSSR count). The summed E-state index contributed by atoms with van der Waals surface area (Å²) in [5, 5.41) is 17.1. The lowest BCUT2D eigenvalue weighted by Crippen LogP contribution is -2.22. The number of aryl methyl sites for hydroxylation is 1. The van der Waals surface area contributed by atoms with Gasteiger partial charge in [-0.15, -0.1) is 0 Å². The third-order valence-electron chi connectivity index (χ3n) is 4.00. The summed E-state index contributed by atoms with van der Waals surface area (Å²) in [6, 6.07) is 12.5. The van der Waals surface area contributed by atoms with Crippen LogP contribution in [-0.2, 0) is 0 Å². The third-order valence-corrected chi connectivity index (χ3v) is 5.16. The molecule has 3 nitrogen and oxygen atoms in total. The number of halogens is 2. The van der Waals surface area contributed by atoms with Crippen molar-refractivity contribution in [3.8, 4) is 0 Å². The Morgan fingerprint density at radius 2 is 2.00 bits per heavy atom. The van der Waals surface area contributed by atoms with Crippen LogP contribution in [0.5, 0.6) is 0 Å². The molecule has 0 aliphatic carbocycles. The van der Waals surface area contributed by atoms with Gasteiger partial charge in [0.2, 0.25) is 0 Å². The molecule has 1 fully saturated rings. The number of aliphatic hydroxyl groups excluding tert-OH is 1. The van der Waals surface area contributed by atoms with Crippen LogP contribution >= 0.6 is 38.5 Å². The Morgan fingerprint density at radius 3 is 2.68 bits per heavy atom. The summed E-state index contributed by atoms with van der Waals surface area (Å²) in [6.45, 7) is 2.95. The highest BCUT2D eigenvalue weighted by molar-refractivity contribution is 14.1. The van der Waals surface area contributed by atoms with Gasteiger partial charge >= 0.3 is 0 Å². The van der Waals surface area contributed by atoms with Crippen LogP contribution in [-0.4, -0.2) is 17.8 Å². The summed E-state index contributed by atoms with van der Waals surface area (Å²) >= 11 is 5.86. The summed E-state index contributed by atoms with van der Waals surface area (Å²) in [5.74, 6) is 0. The molecule has 0 spiro atoms.